The number of H-pyrrole nitrogens is 1. The second-order valence-electron chi connectivity index (χ2n) is 3.24. The van der Waals surface area contributed by atoms with E-state index in [1.54, 1.807) is 6.20 Å². The van der Waals surface area contributed by atoms with Gasteiger partial charge in [-0.15, -0.1) is 0 Å². The molecule has 0 spiro atoms. The van der Waals surface area contributed by atoms with Crippen LogP contribution in [0.3, 0.4) is 0 Å². The number of nitrogens with one attached hydrogen (secondary N) is 1. The van der Waals surface area contributed by atoms with E-state index in [1.807, 2.05) is 19.9 Å². The summed E-state index contributed by atoms with van der Waals surface area (Å²) >= 11 is 0. The fourth-order valence-electron chi connectivity index (χ4n) is 1.61. The normalized spacial score (nSPS) is 10.7. The zero-order valence-corrected chi connectivity index (χ0v) is 8.16. The van der Waals surface area contributed by atoms with E-state index in [-0.39, 0.29) is 5.56 Å². The molecule has 2 heterocycles. The Hall–Kier alpha value is -1.71. The maximum absolute atomic E-state index is 11.5. The van der Waals surface area contributed by atoms with Crippen molar-refractivity contribution in [3.8, 4) is 0 Å². The van der Waals surface area contributed by atoms with Gasteiger partial charge in [0.25, 0.3) is 5.56 Å². The summed E-state index contributed by atoms with van der Waals surface area (Å²) in [5.41, 5.74) is 2.45. The molecule has 0 saturated heterocycles. The molecule has 0 aromatic carbocycles. The van der Waals surface area contributed by atoms with Crippen LogP contribution in [0.2, 0.25) is 0 Å². The number of aryl methyl sites for hydroxylation is 2. The maximum Gasteiger partial charge on any atom is 0.273 e. The zero-order valence-electron chi connectivity index (χ0n) is 8.16. The third-order valence-corrected chi connectivity index (χ3v) is 2.22. The highest BCUT2D eigenvalue weighted by molar-refractivity contribution is 5.80. The Balaban J connectivity index is 2.96. The van der Waals surface area contributed by atoms with Crippen LogP contribution in [0.15, 0.2) is 17.1 Å². The molecule has 2 aromatic heterocycles. The number of pyridine rings is 1. The predicted molar refractivity (Wildman–Crippen MR) is 54.3 cm³/mol. The molecule has 14 heavy (non-hydrogen) atoms. The molecule has 72 valence electrons. The van der Waals surface area contributed by atoms with E-state index in [0.717, 1.165) is 17.7 Å². The summed E-state index contributed by atoms with van der Waals surface area (Å²) in [5.74, 6) is 0. The summed E-state index contributed by atoms with van der Waals surface area (Å²) in [7, 11) is 0. The fraction of sp³-hybridized carbons (Fsp3) is 0.300. The van der Waals surface area contributed by atoms with Gasteiger partial charge in [-0.05, 0) is 25.0 Å². The fourth-order valence-corrected chi connectivity index (χ4v) is 1.61. The molecule has 0 atom stereocenters. The third kappa shape index (κ3) is 1.28. The zero-order chi connectivity index (χ0) is 10.1. The van der Waals surface area contributed by atoms with Crippen molar-refractivity contribution >= 4 is 10.9 Å². The first kappa shape index (κ1) is 8.87. The second-order valence-corrected chi connectivity index (χ2v) is 3.24. The number of fused-ring (bicyclic) bond motifs is 1. The lowest BCUT2D eigenvalue weighted by Gasteiger charge is -2.03. The van der Waals surface area contributed by atoms with Crippen molar-refractivity contribution in [1.29, 1.82) is 0 Å². The van der Waals surface area contributed by atoms with Crippen molar-refractivity contribution in [2.24, 2.45) is 0 Å². The highest BCUT2D eigenvalue weighted by Crippen LogP contribution is 2.13. The van der Waals surface area contributed by atoms with Crippen LogP contribution in [0, 0.1) is 6.92 Å². The molecule has 0 radical (unpaired) electrons. The Morgan fingerprint density at radius 3 is 3.00 bits per heavy atom. The quantitative estimate of drug-likeness (QED) is 0.733. The Labute approximate surface area is 81.0 Å². The first-order valence-corrected chi connectivity index (χ1v) is 4.56. The van der Waals surface area contributed by atoms with Gasteiger partial charge in [-0.3, -0.25) is 9.78 Å². The number of nitrogens with zero attached hydrogens (tertiary/aromatic N) is 2. The minimum atomic E-state index is -0.160. The maximum atomic E-state index is 11.5. The van der Waals surface area contributed by atoms with Gasteiger partial charge in [0.1, 0.15) is 0 Å². The van der Waals surface area contributed by atoms with E-state index in [0.29, 0.717) is 10.9 Å². The van der Waals surface area contributed by atoms with Gasteiger partial charge >= 0.3 is 0 Å². The van der Waals surface area contributed by atoms with E-state index < -0.39 is 0 Å². The van der Waals surface area contributed by atoms with Crippen molar-refractivity contribution in [2.75, 3.05) is 0 Å². The van der Waals surface area contributed by atoms with Crippen molar-refractivity contribution in [2.45, 2.75) is 20.3 Å². The molecule has 0 aliphatic rings. The lowest BCUT2D eigenvalue weighted by atomic mass is 10.1. The van der Waals surface area contributed by atoms with Crippen molar-refractivity contribution in [3.05, 3.63) is 33.9 Å². The van der Waals surface area contributed by atoms with Crippen LogP contribution >= 0.6 is 0 Å². The van der Waals surface area contributed by atoms with E-state index in [1.165, 1.54) is 0 Å². The molecule has 2 aromatic rings. The molecule has 0 aliphatic heterocycles. The Morgan fingerprint density at radius 1 is 1.50 bits per heavy atom. The van der Waals surface area contributed by atoms with Gasteiger partial charge in [0.2, 0.25) is 0 Å². The lowest BCUT2D eigenvalue weighted by molar-refractivity contribution is 0.993. The van der Waals surface area contributed by atoms with Crippen molar-refractivity contribution < 1.29 is 0 Å². The largest absolute Gasteiger partial charge is 0.273 e. The SMILES string of the molecule is CCc1cc(C)nc2cn[nH]c(=O)c12. The Bertz CT molecular complexity index is 530. The molecular formula is C10H11N3O. The summed E-state index contributed by atoms with van der Waals surface area (Å²) in [6, 6.07) is 1.94. The van der Waals surface area contributed by atoms with Crippen LogP contribution in [0.4, 0.5) is 0 Å². The molecule has 0 amide bonds. The van der Waals surface area contributed by atoms with Gasteiger partial charge in [0.15, 0.2) is 0 Å². The van der Waals surface area contributed by atoms with Gasteiger partial charge < -0.3 is 0 Å². The number of rotatable bonds is 1. The molecule has 0 fully saturated rings. The summed E-state index contributed by atoms with van der Waals surface area (Å²) in [4.78, 5) is 15.8. The topological polar surface area (TPSA) is 58.6 Å². The van der Waals surface area contributed by atoms with Crippen LogP contribution in [0.1, 0.15) is 18.2 Å². The number of aromatic amines is 1. The van der Waals surface area contributed by atoms with Gasteiger partial charge in [-0.25, -0.2) is 5.10 Å². The molecule has 2 rings (SSSR count). The van der Waals surface area contributed by atoms with Gasteiger partial charge in [0, 0.05) is 5.69 Å². The van der Waals surface area contributed by atoms with Gasteiger partial charge in [-0.2, -0.15) is 5.10 Å². The van der Waals surface area contributed by atoms with E-state index in [4.69, 9.17) is 0 Å². The number of hydrogen-bond acceptors (Lipinski definition) is 3. The summed E-state index contributed by atoms with van der Waals surface area (Å²) < 4.78 is 0. The van der Waals surface area contributed by atoms with Crippen LogP contribution in [0.5, 0.6) is 0 Å². The first-order valence-electron chi connectivity index (χ1n) is 4.56. The van der Waals surface area contributed by atoms with E-state index >= 15 is 0 Å². The second kappa shape index (κ2) is 3.21. The summed E-state index contributed by atoms with van der Waals surface area (Å²) in [6.07, 6.45) is 2.41. The number of hydrogen-bond donors (Lipinski definition) is 1. The monoisotopic (exact) mass is 189 g/mol. The summed E-state index contributed by atoms with van der Waals surface area (Å²) in [6.45, 7) is 3.94. The van der Waals surface area contributed by atoms with Gasteiger partial charge in [0.05, 0.1) is 17.1 Å². The van der Waals surface area contributed by atoms with E-state index in [9.17, 15) is 4.79 Å². The molecule has 4 heteroatoms. The average molecular weight is 189 g/mol. The van der Waals surface area contributed by atoms with Crippen LogP contribution in [0.25, 0.3) is 10.9 Å². The molecule has 0 unspecified atom stereocenters. The van der Waals surface area contributed by atoms with Crippen molar-refractivity contribution in [1.82, 2.24) is 15.2 Å². The van der Waals surface area contributed by atoms with E-state index in [2.05, 4.69) is 15.2 Å². The van der Waals surface area contributed by atoms with Crippen LogP contribution < -0.4 is 5.56 Å². The minimum absolute atomic E-state index is 0.160. The first-order chi connectivity index (χ1) is 6.72. The number of aromatic nitrogens is 3. The Morgan fingerprint density at radius 2 is 2.29 bits per heavy atom. The van der Waals surface area contributed by atoms with Crippen LogP contribution in [-0.2, 0) is 6.42 Å². The third-order valence-electron chi connectivity index (χ3n) is 2.22. The molecule has 0 aliphatic carbocycles. The van der Waals surface area contributed by atoms with Gasteiger partial charge in [-0.1, -0.05) is 6.92 Å². The molecule has 4 nitrogen and oxygen atoms in total. The standard InChI is InChI=1S/C10H11N3O/c1-3-7-4-6(2)12-8-5-11-13-10(14)9(7)8/h4-5H,3H2,1-2H3,(H,13,14). The lowest BCUT2D eigenvalue weighted by Crippen LogP contribution is -2.10. The van der Waals surface area contributed by atoms with Crippen LogP contribution in [-0.4, -0.2) is 15.2 Å². The molecule has 0 saturated carbocycles. The highest BCUT2D eigenvalue weighted by atomic mass is 16.1. The predicted octanol–water partition coefficient (Wildman–Crippen LogP) is 1.19. The molecule has 1 N–H and O–H groups in total. The van der Waals surface area contributed by atoms with Crippen molar-refractivity contribution in [3.63, 3.8) is 0 Å². The summed E-state index contributed by atoms with van der Waals surface area (Å²) in [5, 5.41) is 6.81. The Kier molecular flexibility index (Phi) is 2.04. The molecule has 0 bridgehead atoms. The highest BCUT2D eigenvalue weighted by Gasteiger charge is 2.05. The minimum Gasteiger partial charge on any atom is -0.267 e. The molecular weight excluding hydrogens is 178 g/mol. The average Bonchev–Trinajstić information content (AvgIpc) is 2.16. The smallest absolute Gasteiger partial charge is 0.267 e.